The van der Waals surface area contributed by atoms with Crippen molar-refractivity contribution in [3.05, 3.63) is 127 Å². The Bertz CT molecular complexity index is 1820. The fourth-order valence-corrected chi connectivity index (χ4v) is 5.02. The van der Waals surface area contributed by atoms with Gasteiger partial charge in [0.25, 0.3) is 16.5 Å². The van der Waals surface area contributed by atoms with E-state index >= 15 is 0 Å². The maximum Gasteiger partial charge on any atom is 0.488 e. The molecule has 0 aliphatic heterocycles. The van der Waals surface area contributed by atoms with Crippen molar-refractivity contribution >= 4 is 26.6 Å². The van der Waals surface area contributed by atoms with Gasteiger partial charge in [-0.25, -0.2) is 0 Å². The Morgan fingerprint density at radius 2 is 0.844 bits per heavy atom. The number of hydrogen-bond donors (Lipinski definition) is 0. The standard InChI is InChI=1S/C33H26F2O8S2/c1-39-28-13-11-27(12-14-28)33(40-29-15-3-23(4-16-29)25-7-19-31(20-8-25)42-44(2,34)36)41-30-17-5-24(6-18-30)26-9-21-32(22-10-26)43-45(35,37)38/h3-22,33H,2H2,1H3. The second-order valence-electron chi connectivity index (χ2n) is 9.54. The van der Waals surface area contributed by atoms with E-state index in [1.807, 2.05) is 36.4 Å². The highest BCUT2D eigenvalue weighted by atomic mass is 32.3. The minimum atomic E-state index is -5.10. The normalized spacial score (nSPS) is 13.2. The topological polar surface area (TPSA) is 97.4 Å². The molecule has 2 atom stereocenters. The Kier molecular flexibility index (Phi) is 9.26. The Hall–Kier alpha value is -5.07. The number of benzene rings is 5. The van der Waals surface area contributed by atoms with Crippen molar-refractivity contribution < 1.29 is 43.0 Å². The number of ether oxygens (including phenoxy) is 3. The summed E-state index contributed by atoms with van der Waals surface area (Å²) >= 11 is 0. The Balaban J connectivity index is 1.32. The summed E-state index contributed by atoms with van der Waals surface area (Å²) in [5, 5.41) is 0. The molecule has 5 aromatic carbocycles. The third-order valence-corrected chi connectivity index (χ3v) is 7.21. The first-order valence-electron chi connectivity index (χ1n) is 13.2. The van der Waals surface area contributed by atoms with Gasteiger partial charge in [0.2, 0.25) is 0 Å². The van der Waals surface area contributed by atoms with Gasteiger partial charge in [0.1, 0.15) is 28.7 Å². The van der Waals surface area contributed by atoms with Gasteiger partial charge in [-0.1, -0.05) is 52.4 Å². The van der Waals surface area contributed by atoms with E-state index in [2.05, 4.69) is 14.2 Å². The van der Waals surface area contributed by atoms with Crippen LogP contribution in [0.4, 0.5) is 7.77 Å². The smallest absolute Gasteiger partial charge is 0.488 e. The molecule has 5 rings (SSSR count). The quantitative estimate of drug-likeness (QED) is 0.0770. The average molecular weight is 653 g/mol. The Labute approximate surface area is 260 Å². The Morgan fingerprint density at radius 3 is 1.18 bits per heavy atom. The van der Waals surface area contributed by atoms with Crippen LogP contribution >= 0.6 is 0 Å². The lowest BCUT2D eigenvalue weighted by atomic mass is 10.1. The largest absolute Gasteiger partial charge is 0.497 e. The van der Waals surface area contributed by atoms with Gasteiger partial charge >= 0.3 is 10.5 Å². The van der Waals surface area contributed by atoms with E-state index in [0.717, 1.165) is 27.8 Å². The van der Waals surface area contributed by atoms with Crippen molar-refractivity contribution in [2.45, 2.75) is 6.29 Å². The summed E-state index contributed by atoms with van der Waals surface area (Å²) in [6.45, 7) is 0. The van der Waals surface area contributed by atoms with Crippen molar-refractivity contribution in [2.75, 3.05) is 7.11 Å². The summed E-state index contributed by atoms with van der Waals surface area (Å²) in [6.07, 6.45) is -0.832. The van der Waals surface area contributed by atoms with Gasteiger partial charge in [0.15, 0.2) is 0 Å². The molecule has 45 heavy (non-hydrogen) atoms. The summed E-state index contributed by atoms with van der Waals surface area (Å²) in [7, 11) is -7.64. The first-order chi connectivity index (χ1) is 21.4. The van der Waals surface area contributed by atoms with Crippen molar-refractivity contribution in [3.8, 4) is 51.0 Å². The van der Waals surface area contributed by atoms with Crippen LogP contribution in [0.15, 0.2) is 121 Å². The second-order valence-corrected chi connectivity index (χ2v) is 11.7. The van der Waals surface area contributed by atoms with E-state index in [-0.39, 0.29) is 11.5 Å². The lowest BCUT2D eigenvalue weighted by Gasteiger charge is -2.21. The highest BCUT2D eigenvalue weighted by molar-refractivity contribution is 7.91. The fraction of sp³-hybridized carbons (Fsp3) is 0.0606. The zero-order valence-corrected chi connectivity index (χ0v) is 25.3. The van der Waals surface area contributed by atoms with Gasteiger partial charge in [-0.05, 0) is 95.1 Å². The van der Waals surface area contributed by atoms with E-state index in [9.17, 15) is 20.4 Å². The molecule has 232 valence electrons. The minimum Gasteiger partial charge on any atom is -0.497 e. The zero-order chi connectivity index (χ0) is 32.0. The predicted octanol–water partition coefficient (Wildman–Crippen LogP) is 7.67. The van der Waals surface area contributed by atoms with Gasteiger partial charge < -0.3 is 22.6 Å². The molecule has 0 fully saturated rings. The van der Waals surface area contributed by atoms with Crippen LogP contribution in [-0.2, 0) is 20.7 Å². The minimum absolute atomic E-state index is 0.104. The van der Waals surface area contributed by atoms with Crippen LogP contribution in [0.2, 0.25) is 0 Å². The first-order valence-corrected chi connectivity index (χ1v) is 16.1. The van der Waals surface area contributed by atoms with E-state index in [0.29, 0.717) is 17.2 Å². The summed E-state index contributed by atoms with van der Waals surface area (Å²) in [4.78, 5) is 0. The van der Waals surface area contributed by atoms with Crippen LogP contribution in [0.1, 0.15) is 11.9 Å². The zero-order valence-electron chi connectivity index (χ0n) is 23.7. The van der Waals surface area contributed by atoms with Gasteiger partial charge in [-0.3, -0.25) is 0 Å². The third-order valence-electron chi connectivity index (χ3n) is 6.37. The maximum atomic E-state index is 13.2. The maximum absolute atomic E-state index is 13.2. The summed E-state index contributed by atoms with van der Waals surface area (Å²) in [5.41, 5.74) is 3.96. The number of rotatable bonds is 12. The average Bonchev–Trinajstić information content (AvgIpc) is 3.01. The van der Waals surface area contributed by atoms with Crippen LogP contribution < -0.4 is 22.6 Å². The lowest BCUT2D eigenvalue weighted by molar-refractivity contribution is 0.00380. The fourth-order valence-electron chi connectivity index (χ4n) is 4.28. The van der Waals surface area contributed by atoms with Crippen molar-refractivity contribution in [3.63, 3.8) is 0 Å². The SMILES string of the molecule is C=S(=O)(F)Oc1ccc(-c2ccc(OC(Oc3ccc(-c4ccc(OS(=O)(=O)F)cc4)cc3)c3ccc(OC)cc3)cc2)cc1. The van der Waals surface area contributed by atoms with E-state index in [4.69, 9.17) is 14.2 Å². The van der Waals surface area contributed by atoms with Gasteiger partial charge in [-0.15, -0.1) is 3.89 Å². The monoisotopic (exact) mass is 652 g/mol. The first kappa shape index (κ1) is 31.4. The summed E-state index contributed by atoms with van der Waals surface area (Å²) < 4.78 is 85.3. The van der Waals surface area contributed by atoms with Crippen molar-refractivity contribution in [2.24, 2.45) is 0 Å². The molecule has 0 aliphatic rings. The highest BCUT2D eigenvalue weighted by Gasteiger charge is 2.17. The van der Waals surface area contributed by atoms with Gasteiger partial charge in [0, 0.05) is 11.4 Å². The molecule has 0 spiro atoms. The predicted molar refractivity (Wildman–Crippen MR) is 168 cm³/mol. The highest BCUT2D eigenvalue weighted by Crippen LogP contribution is 2.31. The molecule has 0 N–H and O–H groups in total. The molecule has 0 radical (unpaired) electrons. The molecular formula is C33H26F2O8S2. The van der Waals surface area contributed by atoms with E-state index < -0.39 is 27.0 Å². The van der Waals surface area contributed by atoms with Gasteiger partial charge in [-0.2, -0.15) is 12.6 Å². The summed E-state index contributed by atoms with van der Waals surface area (Å²) in [6, 6.07) is 34.0. The van der Waals surface area contributed by atoms with Crippen LogP contribution in [0.5, 0.6) is 28.7 Å². The molecule has 8 nitrogen and oxygen atoms in total. The molecule has 2 unspecified atom stereocenters. The van der Waals surface area contributed by atoms with Crippen LogP contribution in [0.25, 0.3) is 22.3 Å². The van der Waals surface area contributed by atoms with Crippen LogP contribution in [0.3, 0.4) is 0 Å². The van der Waals surface area contributed by atoms with Crippen LogP contribution in [-0.4, -0.2) is 25.6 Å². The Morgan fingerprint density at radius 1 is 0.511 bits per heavy atom. The number of hydrogen-bond acceptors (Lipinski definition) is 8. The van der Waals surface area contributed by atoms with E-state index in [1.165, 1.54) is 24.3 Å². The van der Waals surface area contributed by atoms with Crippen molar-refractivity contribution in [1.29, 1.82) is 0 Å². The number of halogens is 2. The van der Waals surface area contributed by atoms with Crippen LogP contribution in [0, 0.1) is 0 Å². The molecule has 0 aliphatic carbocycles. The van der Waals surface area contributed by atoms with Gasteiger partial charge in [0.05, 0.1) is 7.11 Å². The molecule has 0 heterocycles. The van der Waals surface area contributed by atoms with E-state index in [1.54, 1.807) is 67.8 Å². The summed E-state index contributed by atoms with van der Waals surface area (Å²) in [5.74, 6) is 4.53. The molecule has 0 bridgehead atoms. The molecule has 5 aromatic rings. The lowest BCUT2D eigenvalue weighted by Crippen LogP contribution is -2.15. The third kappa shape index (κ3) is 8.97. The second kappa shape index (κ2) is 13.3. The molecular weight excluding hydrogens is 626 g/mol. The molecule has 0 saturated carbocycles. The molecule has 12 heteroatoms. The molecule has 0 aromatic heterocycles. The van der Waals surface area contributed by atoms with Crippen molar-refractivity contribution in [1.82, 2.24) is 0 Å². The molecule has 0 amide bonds. The number of methoxy groups -OCH3 is 1. The molecule has 0 saturated heterocycles.